The predicted octanol–water partition coefficient (Wildman–Crippen LogP) is 4.05. The molecule has 4 nitrogen and oxygen atoms in total. The molecule has 0 aliphatic heterocycles. The van der Waals surface area contributed by atoms with Crippen LogP contribution in [0.4, 0.5) is 10.1 Å². The molecule has 3 aromatic rings. The van der Waals surface area contributed by atoms with Crippen LogP contribution in [-0.2, 0) is 6.54 Å². The van der Waals surface area contributed by atoms with Crippen LogP contribution < -0.4 is 0 Å². The number of hydrogen-bond acceptors (Lipinski definition) is 2. The van der Waals surface area contributed by atoms with Crippen LogP contribution in [0.3, 0.4) is 0 Å². The summed E-state index contributed by atoms with van der Waals surface area (Å²) >= 11 is 0. The maximum Gasteiger partial charge on any atom is 0.270 e. The first-order chi connectivity index (χ1) is 10.0. The quantitative estimate of drug-likeness (QED) is 0.538. The normalized spacial score (nSPS) is 11.0. The molecule has 0 saturated carbocycles. The van der Waals surface area contributed by atoms with E-state index in [0.717, 1.165) is 22.0 Å². The van der Waals surface area contributed by atoms with Gasteiger partial charge in [-0.15, -0.1) is 0 Å². The molecule has 0 spiro atoms. The summed E-state index contributed by atoms with van der Waals surface area (Å²) < 4.78 is 15.1. The molecule has 3 rings (SSSR count). The van der Waals surface area contributed by atoms with E-state index in [1.54, 1.807) is 18.2 Å². The molecular weight excluding hydrogens is 271 g/mol. The fraction of sp³-hybridized carbons (Fsp3) is 0.125. The first-order valence-corrected chi connectivity index (χ1v) is 6.53. The molecule has 21 heavy (non-hydrogen) atoms. The Bertz CT molecular complexity index is 839. The van der Waals surface area contributed by atoms with E-state index < -0.39 is 4.92 Å². The van der Waals surface area contributed by atoms with Crippen molar-refractivity contribution < 1.29 is 9.31 Å². The zero-order chi connectivity index (χ0) is 15.0. The van der Waals surface area contributed by atoms with Gasteiger partial charge >= 0.3 is 0 Å². The van der Waals surface area contributed by atoms with Crippen molar-refractivity contribution in [3.05, 3.63) is 75.7 Å². The third-order valence-electron chi connectivity index (χ3n) is 3.61. The molecule has 0 unspecified atom stereocenters. The second-order valence-electron chi connectivity index (χ2n) is 5.01. The number of non-ortho nitro benzene ring substituents is 1. The maximum atomic E-state index is 13.1. The van der Waals surface area contributed by atoms with Crippen molar-refractivity contribution in [3.8, 4) is 0 Å². The van der Waals surface area contributed by atoms with Gasteiger partial charge in [0, 0.05) is 35.8 Å². The van der Waals surface area contributed by atoms with Crippen LogP contribution in [0.1, 0.15) is 11.1 Å². The lowest BCUT2D eigenvalue weighted by Crippen LogP contribution is -2.00. The van der Waals surface area contributed by atoms with Crippen molar-refractivity contribution in [3.63, 3.8) is 0 Å². The second kappa shape index (κ2) is 5.01. The Morgan fingerprint density at radius 1 is 1.19 bits per heavy atom. The molecule has 0 aliphatic rings. The highest BCUT2D eigenvalue weighted by Gasteiger charge is 2.09. The zero-order valence-corrected chi connectivity index (χ0v) is 11.4. The lowest BCUT2D eigenvalue weighted by molar-refractivity contribution is -0.384. The molecule has 0 fully saturated rings. The van der Waals surface area contributed by atoms with Crippen molar-refractivity contribution in [2.75, 3.05) is 0 Å². The van der Waals surface area contributed by atoms with E-state index in [1.807, 2.05) is 23.8 Å². The highest BCUT2D eigenvalue weighted by molar-refractivity contribution is 5.82. The first-order valence-electron chi connectivity index (χ1n) is 6.53. The monoisotopic (exact) mass is 284 g/mol. The van der Waals surface area contributed by atoms with E-state index in [4.69, 9.17) is 0 Å². The molecular formula is C16H13FN2O2. The standard InChI is InChI=1S/C16H13FN2O2/c1-11-8-14(17)3-2-13(11)10-18-7-6-12-9-15(19(20)21)4-5-16(12)18/h2-9H,10H2,1H3. The van der Waals surface area contributed by atoms with Gasteiger partial charge in [0.15, 0.2) is 0 Å². The van der Waals surface area contributed by atoms with Crippen LogP contribution in [-0.4, -0.2) is 9.49 Å². The fourth-order valence-corrected chi connectivity index (χ4v) is 2.46. The van der Waals surface area contributed by atoms with E-state index >= 15 is 0 Å². The van der Waals surface area contributed by atoms with Crippen LogP contribution in [0, 0.1) is 22.9 Å². The number of nitro benzene ring substituents is 1. The van der Waals surface area contributed by atoms with Crippen LogP contribution in [0.25, 0.3) is 10.9 Å². The number of halogens is 1. The minimum absolute atomic E-state index is 0.0817. The topological polar surface area (TPSA) is 48.1 Å². The van der Waals surface area contributed by atoms with E-state index in [2.05, 4.69) is 0 Å². The van der Waals surface area contributed by atoms with Gasteiger partial charge in [0.05, 0.1) is 4.92 Å². The van der Waals surface area contributed by atoms with Gasteiger partial charge in [0.1, 0.15) is 5.82 Å². The number of benzene rings is 2. The van der Waals surface area contributed by atoms with Crippen LogP contribution in [0.2, 0.25) is 0 Å². The highest BCUT2D eigenvalue weighted by atomic mass is 19.1. The van der Waals surface area contributed by atoms with Crippen molar-refractivity contribution in [1.29, 1.82) is 0 Å². The average Bonchev–Trinajstić information content (AvgIpc) is 2.84. The Morgan fingerprint density at radius 2 is 2.00 bits per heavy atom. The molecule has 2 aromatic carbocycles. The molecule has 0 N–H and O–H groups in total. The summed E-state index contributed by atoms with van der Waals surface area (Å²) in [4.78, 5) is 10.4. The fourth-order valence-electron chi connectivity index (χ4n) is 2.46. The molecule has 1 heterocycles. The molecule has 0 aliphatic carbocycles. The summed E-state index contributed by atoms with van der Waals surface area (Å²) in [6.45, 7) is 2.47. The maximum absolute atomic E-state index is 13.1. The molecule has 5 heteroatoms. The molecule has 0 radical (unpaired) electrons. The smallest absolute Gasteiger partial charge is 0.270 e. The summed E-state index contributed by atoms with van der Waals surface area (Å²) in [5.41, 5.74) is 2.91. The Kier molecular flexibility index (Phi) is 3.17. The number of fused-ring (bicyclic) bond motifs is 1. The highest BCUT2D eigenvalue weighted by Crippen LogP contribution is 2.23. The number of aromatic nitrogens is 1. The number of aryl methyl sites for hydroxylation is 1. The van der Waals surface area contributed by atoms with E-state index in [9.17, 15) is 14.5 Å². The van der Waals surface area contributed by atoms with Crippen molar-refractivity contribution in [2.24, 2.45) is 0 Å². The van der Waals surface area contributed by atoms with Gasteiger partial charge in [-0.1, -0.05) is 6.07 Å². The summed E-state index contributed by atoms with van der Waals surface area (Å²) in [6, 6.07) is 11.4. The average molecular weight is 284 g/mol. The minimum atomic E-state index is -0.402. The largest absolute Gasteiger partial charge is 0.343 e. The zero-order valence-electron chi connectivity index (χ0n) is 11.4. The van der Waals surface area contributed by atoms with Gasteiger partial charge in [0.25, 0.3) is 5.69 Å². The number of rotatable bonds is 3. The summed E-state index contributed by atoms with van der Waals surface area (Å²) in [6.07, 6.45) is 1.89. The molecule has 0 amide bonds. The summed E-state index contributed by atoms with van der Waals surface area (Å²) in [5, 5.41) is 11.6. The van der Waals surface area contributed by atoms with Crippen LogP contribution >= 0.6 is 0 Å². The van der Waals surface area contributed by atoms with Gasteiger partial charge in [-0.2, -0.15) is 0 Å². The van der Waals surface area contributed by atoms with Crippen molar-refractivity contribution in [1.82, 2.24) is 4.57 Å². The summed E-state index contributed by atoms with van der Waals surface area (Å²) in [7, 11) is 0. The molecule has 106 valence electrons. The van der Waals surface area contributed by atoms with Gasteiger partial charge in [0.2, 0.25) is 0 Å². The minimum Gasteiger partial charge on any atom is -0.343 e. The predicted molar refractivity (Wildman–Crippen MR) is 78.8 cm³/mol. The lowest BCUT2D eigenvalue weighted by atomic mass is 10.1. The molecule has 0 atom stereocenters. The molecule has 0 saturated heterocycles. The second-order valence-corrected chi connectivity index (χ2v) is 5.01. The van der Waals surface area contributed by atoms with E-state index in [-0.39, 0.29) is 11.5 Å². The molecule has 0 bridgehead atoms. The third-order valence-corrected chi connectivity index (χ3v) is 3.61. The Hall–Kier alpha value is -2.69. The Balaban J connectivity index is 1.99. The van der Waals surface area contributed by atoms with Crippen LogP contribution in [0.15, 0.2) is 48.7 Å². The van der Waals surface area contributed by atoms with Crippen LogP contribution in [0.5, 0.6) is 0 Å². The van der Waals surface area contributed by atoms with Gasteiger partial charge < -0.3 is 4.57 Å². The Morgan fingerprint density at radius 3 is 2.71 bits per heavy atom. The number of hydrogen-bond donors (Lipinski definition) is 0. The first kappa shape index (κ1) is 13.3. The van der Waals surface area contributed by atoms with Gasteiger partial charge in [-0.05, 0) is 42.3 Å². The third kappa shape index (κ3) is 2.50. The SMILES string of the molecule is Cc1cc(F)ccc1Cn1ccc2cc([N+](=O)[O-])ccc21. The van der Waals surface area contributed by atoms with E-state index in [1.165, 1.54) is 18.2 Å². The van der Waals surface area contributed by atoms with Crippen molar-refractivity contribution >= 4 is 16.6 Å². The number of nitro groups is 1. The van der Waals surface area contributed by atoms with E-state index in [0.29, 0.717) is 6.54 Å². The van der Waals surface area contributed by atoms with Gasteiger partial charge in [-0.25, -0.2) is 4.39 Å². The van der Waals surface area contributed by atoms with Gasteiger partial charge in [-0.3, -0.25) is 10.1 Å². The Labute approximate surface area is 120 Å². The van der Waals surface area contributed by atoms with Crippen molar-refractivity contribution in [2.45, 2.75) is 13.5 Å². The molecule has 1 aromatic heterocycles. The lowest BCUT2D eigenvalue weighted by Gasteiger charge is -2.09. The number of nitrogens with zero attached hydrogens (tertiary/aromatic N) is 2. The summed E-state index contributed by atoms with van der Waals surface area (Å²) in [5.74, 6) is -0.246.